The van der Waals surface area contributed by atoms with Gasteiger partial charge in [-0.2, -0.15) is 0 Å². The number of hydrogen-bond donors (Lipinski definition) is 0. The maximum absolute atomic E-state index is 2.33. The van der Waals surface area contributed by atoms with Crippen molar-refractivity contribution in [1.82, 2.24) is 0 Å². The molecule has 0 aromatic heterocycles. The minimum atomic E-state index is 1.11. The van der Waals surface area contributed by atoms with Crippen molar-refractivity contribution in [3.8, 4) is 22.3 Å². The Morgan fingerprint density at radius 2 is 0.925 bits per heavy atom. The minimum Gasteiger partial charge on any atom is -0.0683 e. The molecule has 0 nitrogen and oxygen atoms in total. The van der Waals surface area contributed by atoms with Crippen molar-refractivity contribution in [3.05, 3.63) is 156 Å². The molecular formula is C40H34. The molecular weight excluding hydrogens is 480 g/mol. The van der Waals surface area contributed by atoms with Crippen molar-refractivity contribution >= 4 is 32.3 Å². The van der Waals surface area contributed by atoms with Crippen LogP contribution in [0.1, 0.15) is 30.5 Å². The fraction of sp³-hybridized carbons (Fsp3) is 0.100. The highest BCUT2D eigenvalue weighted by Crippen LogP contribution is 2.38. The third kappa shape index (κ3) is 4.56. The van der Waals surface area contributed by atoms with Gasteiger partial charge >= 0.3 is 0 Å². The topological polar surface area (TPSA) is 0 Å². The summed E-state index contributed by atoms with van der Waals surface area (Å²) in [5, 5.41) is 7.95. The second-order valence-corrected chi connectivity index (χ2v) is 10.2. The monoisotopic (exact) mass is 514 g/mol. The fourth-order valence-electron chi connectivity index (χ4n) is 6.03. The average Bonchev–Trinajstić information content (AvgIpc) is 3.43. The van der Waals surface area contributed by atoms with Crippen molar-refractivity contribution in [2.24, 2.45) is 0 Å². The van der Waals surface area contributed by atoms with Crippen LogP contribution in [0.4, 0.5) is 0 Å². The van der Waals surface area contributed by atoms with Gasteiger partial charge in [0.15, 0.2) is 0 Å². The lowest BCUT2D eigenvalue weighted by Gasteiger charge is -2.12. The van der Waals surface area contributed by atoms with Crippen LogP contribution in [0.15, 0.2) is 140 Å². The summed E-state index contributed by atoms with van der Waals surface area (Å²) in [4.78, 5) is 0. The van der Waals surface area contributed by atoms with E-state index in [1.165, 1.54) is 71.3 Å². The molecule has 0 N–H and O–H groups in total. The Labute approximate surface area is 237 Å². The summed E-state index contributed by atoms with van der Waals surface area (Å²) < 4.78 is 0. The van der Waals surface area contributed by atoms with Crippen LogP contribution in [0.3, 0.4) is 0 Å². The van der Waals surface area contributed by atoms with E-state index in [-0.39, 0.29) is 0 Å². The second kappa shape index (κ2) is 11.2. The van der Waals surface area contributed by atoms with Gasteiger partial charge in [-0.15, -0.1) is 0 Å². The van der Waals surface area contributed by atoms with Crippen LogP contribution in [0.5, 0.6) is 0 Å². The molecule has 0 atom stereocenters. The molecule has 194 valence electrons. The predicted octanol–water partition coefficient (Wildman–Crippen LogP) is 11.4. The molecule has 8 rings (SSSR count). The number of hydrogen-bond acceptors (Lipinski definition) is 0. The molecule has 0 amide bonds. The molecule has 0 saturated carbocycles. The van der Waals surface area contributed by atoms with Gasteiger partial charge in [-0.25, -0.2) is 0 Å². The smallest absolute Gasteiger partial charge is 0.00108 e. The van der Waals surface area contributed by atoms with Gasteiger partial charge in [0.2, 0.25) is 0 Å². The van der Waals surface area contributed by atoms with Crippen LogP contribution in [-0.4, -0.2) is 0 Å². The quantitative estimate of drug-likeness (QED) is 0.191. The van der Waals surface area contributed by atoms with Crippen molar-refractivity contribution in [3.63, 3.8) is 0 Å². The summed E-state index contributed by atoms with van der Waals surface area (Å²) in [6.45, 7) is 6.20. The number of benzene rings is 7. The van der Waals surface area contributed by atoms with Crippen LogP contribution in [0.25, 0.3) is 54.6 Å². The lowest BCUT2D eigenvalue weighted by molar-refractivity contribution is 1.22. The summed E-state index contributed by atoms with van der Waals surface area (Å²) in [6, 6.07) is 50.1. The van der Waals surface area contributed by atoms with Gasteiger partial charge in [0.05, 0.1) is 0 Å². The van der Waals surface area contributed by atoms with Crippen LogP contribution in [-0.2, 0) is 6.42 Å². The molecule has 0 heterocycles. The molecule has 0 aliphatic heterocycles. The SMILES string of the molecule is CC.Cc1cccc2c1Cc1ccccc1-2.c1ccc(-c2ccc3c4ccccc4c4ccccc4c3c2)cc1. The summed E-state index contributed by atoms with van der Waals surface area (Å²) in [5.74, 6) is 0. The highest BCUT2D eigenvalue weighted by atomic mass is 14.2. The zero-order valence-electron chi connectivity index (χ0n) is 23.5. The Balaban J connectivity index is 0.000000154. The number of rotatable bonds is 1. The van der Waals surface area contributed by atoms with Crippen LogP contribution >= 0.6 is 0 Å². The summed E-state index contributed by atoms with van der Waals surface area (Å²) in [7, 11) is 0. The number of aryl methyl sites for hydroxylation is 1. The summed E-state index contributed by atoms with van der Waals surface area (Å²) in [6.07, 6.45) is 1.11. The highest BCUT2D eigenvalue weighted by molar-refractivity contribution is 6.25. The van der Waals surface area contributed by atoms with Gasteiger partial charge < -0.3 is 0 Å². The number of fused-ring (bicyclic) bond motifs is 9. The lowest BCUT2D eigenvalue weighted by Crippen LogP contribution is -1.84. The van der Waals surface area contributed by atoms with E-state index in [1.54, 1.807) is 0 Å². The first-order valence-corrected chi connectivity index (χ1v) is 14.3. The molecule has 7 aromatic rings. The predicted molar refractivity (Wildman–Crippen MR) is 175 cm³/mol. The maximum Gasteiger partial charge on any atom is -0.00108 e. The molecule has 0 unspecified atom stereocenters. The van der Waals surface area contributed by atoms with Crippen LogP contribution in [0.2, 0.25) is 0 Å². The standard InChI is InChI=1S/C24H16.C14H12.C2H6/c1-2-8-17(9-3-1)18-14-15-23-21-12-5-4-10-19(21)20-11-6-7-13-22(20)24(23)16-18;1-10-5-4-8-13-12-7-3-2-6-11(12)9-14(10)13;1-2/h1-16H;2-8H,9H2,1H3;1-2H3. The molecule has 0 saturated heterocycles. The van der Waals surface area contributed by atoms with E-state index in [9.17, 15) is 0 Å². The van der Waals surface area contributed by atoms with Gasteiger partial charge in [0.1, 0.15) is 0 Å². The van der Waals surface area contributed by atoms with Crippen LogP contribution < -0.4 is 0 Å². The van der Waals surface area contributed by atoms with Crippen LogP contribution in [0, 0.1) is 6.92 Å². The Bertz CT molecular complexity index is 1910. The van der Waals surface area contributed by atoms with E-state index >= 15 is 0 Å². The largest absolute Gasteiger partial charge is 0.0683 e. The molecule has 0 spiro atoms. The maximum atomic E-state index is 2.33. The lowest BCUT2D eigenvalue weighted by atomic mass is 9.92. The van der Waals surface area contributed by atoms with E-state index < -0.39 is 0 Å². The van der Waals surface area contributed by atoms with Gasteiger partial charge in [0, 0.05) is 0 Å². The molecule has 0 bridgehead atoms. The van der Waals surface area contributed by atoms with Gasteiger partial charge in [-0.1, -0.05) is 147 Å². The molecule has 1 aliphatic rings. The minimum absolute atomic E-state index is 1.11. The second-order valence-electron chi connectivity index (χ2n) is 10.2. The molecule has 7 aromatic carbocycles. The Morgan fingerprint density at radius 1 is 0.400 bits per heavy atom. The molecule has 0 fully saturated rings. The Kier molecular flexibility index (Phi) is 7.17. The van der Waals surface area contributed by atoms with E-state index in [0.29, 0.717) is 0 Å². The van der Waals surface area contributed by atoms with E-state index in [1.807, 2.05) is 13.8 Å². The fourth-order valence-corrected chi connectivity index (χ4v) is 6.03. The Hall–Kier alpha value is -4.68. The van der Waals surface area contributed by atoms with E-state index in [0.717, 1.165) is 6.42 Å². The normalized spacial score (nSPS) is 11.3. The molecule has 0 heteroatoms. The first-order chi connectivity index (χ1) is 19.8. The molecule has 0 radical (unpaired) electrons. The third-order valence-electron chi connectivity index (χ3n) is 7.94. The first-order valence-electron chi connectivity index (χ1n) is 14.3. The first kappa shape index (κ1) is 25.6. The van der Waals surface area contributed by atoms with Gasteiger partial charge in [-0.05, 0) is 90.7 Å². The summed E-state index contributed by atoms with van der Waals surface area (Å²) >= 11 is 0. The van der Waals surface area contributed by atoms with Gasteiger partial charge in [-0.3, -0.25) is 0 Å². The molecule has 40 heavy (non-hydrogen) atoms. The Morgan fingerprint density at radius 3 is 1.60 bits per heavy atom. The van der Waals surface area contributed by atoms with Crippen molar-refractivity contribution in [2.75, 3.05) is 0 Å². The zero-order valence-corrected chi connectivity index (χ0v) is 23.5. The molecule has 1 aliphatic carbocycles. The van der Waals surface area contributed by atoms with Crippen molar-refractivity contribution in [2.45, 2.75) is 27.2 Å². The van der Waals surface area contributed by atoms with E-state index in [2.05, 4.69) is 146 Å². The van der Waals surface area contributed by atoms with E-state index in [4.69, 9.17) is 0 Å². The third-order valence-corrected chi connectivity index (χ3v) is 7.94. The highest BCUT2D eigenvalue weighted by Gasteiger charge is 2.18. The van der Waals surface area contributed by atoms with Gasteiger partial charge in [0.25, 0.3) is 0 Å². The van der Waals surface area contributed by atoms with Crippen molar-refractivity contribution < 1.29 is 0 Å². The average molecular weight is 515 g/mol. The summed E-state index contributed by atoms with van der Waals surface area (Å²) in [5.41, 5.74) is 9.77. The van der Waals surface area contributed by atoms with Crippen molar-refractivity contribution in [1.29, 1.82) is 0 Å². The zero-order chi connectivity index (χ0) is 27.5.